The van der Waals surface area contributed by atoms with E-state index in [1.807, 2.05) is 12.1 Å². The second-order valence-corrected chi connectivity index (χ2v) is 8.24. The van der Waals surface area contributed by atoms with E-state index in [0.717, 1.165) is 23.0 Å². The summed E-state index contributed by atoms with van der Waals surface area (Å²) < 4.78 is 3.41. The number of fused-ring (bicyclic) bond motifs is 1. The average Bonchev–Trinajstić information content (AvgIpc) is 3.08. The van der Waals surface area contributed by atoms with Crippen LogP contribution >= 0.6 is 34.2 Å². The first-order valence-electron chi connectivity index (χ1n) is 9.01. The van der Waals surface area contributed by atoms with Crippen molar-refractivity contribution in [3.63, 3.8) is 0 Å². The fourth-order valence-electron chi connectivity index (χ4n) is 3.12. The molecule has 4 nitrogen and oxygen atoms in total. The Kier molecular flexibility index (Phi) is 5.97. The molecule has 0 radical (unpaired) electrons. The SMILES string of the molecule is O=C(N/N=C\c1cn(Cc2ccc(I)cc2)c2ccccc12)c1ccc(Cl)cc1. The Balaban J connectivity index is 1.55. The summed E-state index contributed by atoms with van der Waals surface area (Å²) in [5.41, 5.74) is 6.38. The molecular formula is C23H17ClIN3O. The summed E-state index contributed by atoms with van der Waals surface area (Å²) in [6.07, 6.45) is 3.74. The molecule has 0 saturated heterocycles. The highest BCUT2D eigenvalue weighted by Crippen LogP contribution is 2.21. The molecule has 1 heterocycles. The fourth-order valence-corrected chi connectivity index (χ4v) is 3.61. The van der Waals surface area contributed by atoms with E-state index in [1.54, 1.807) is 30.5 Å². The van der Waals surface area contributed by atoms with Crippen LogP contribution in [0.5, 0.6) is 0 Å². The molecule has 4 aromatic rings. The monoisotopic (exact) mass is 513 g/mol. The molecule has 0 unspecified atom stereocenters. The van der Waals surface area contributed by atoms with Crippen molar-refractivity contribution in [2.75, 3.05) is 0 Å². The number of nitrogens with one attached hydrogen (secondary N) is 1. The number of carbonyl (C=O) groups excluding carboxylic acids is 1. The molecule has 1 N–H and O–H groups in total. The van der Waals surface area contributed by atoms with Crippen molar-refractivity contribution in [3.8, 4) is 0 Å². The number of hydrazone groups is 1. The van der Waals surface area contributed by atoms with Gasteiger partial charge in [0.25, 0.3) is 5.91 Å². The third kappa shape index (κ3) is 4.68. The highest BCUT2D eigenvalue weighted by Gasteiger charge is 2.08. The first-order valence-corrected chi connectivity index (χ1v) is 10.5. The second-order valence-electron chi connectivity index (χ2n) is 6.56. The molecule has 0 spiro atoms. The number of nitrogens with zero attached hydrogens (tertiary/aromatic N) is 2. The number of halogens is 2. The van der Waals surface area contributed by atoms with Crippen LogP contribution in [0.3, 0.4) is 0 Å². The minimum absolute atomic E-state index is 0.277. The maximum absolute atomic E-state index is 12.2. The molecule has 0 bridgehead atoms. The number of hydrogen-bond donors (Lipinski definition) is 1. The minimum atomic E-state index is -0.277. The van der Waals surface area contributed by atoms with E-state index in [1.165, 1.54) is 9.13 Å². The van der Waals surface area contributed by atoms with E-state index in [9.17, 15) is 4.79 Å². The van der Waals surface area contributed by atoms with Gasteiger partial charge in [-0.15, -0.1) is 0 Å². The lowest BCUT2D eigenvalue weighted by molar-refractivity contribution is 0.0955. The number of amides is 1. The first kappa shape index (κ1) is 19.7. The summed E-state index contributed by atoms with van der Waals surface area (Å²) >= 11 is 8.17. The summed E-state index contributed by atoms with van der Waals surface area (Å²) in [6.45, 7) is 0.766. The van der Waals surface area contributed by atoms with Crippen LogP contribution in [0.15, 0.2) is 84.1 Å². The fraction of sp³-hybridized carbons (Fsp3) is 0.0435. The lowest BCUT2D eigenvalue weighted by Gasteiger charge is -2.05. The molecule has 29 heavy (non-hydrogen) atoms. The Bertz CT molecular complexity index is 1180. The van der Waals surface area contributed by atoms with Gasteiger partial charge in [-0.1, -0.05) is 41.9 Å². The van der Waals surface area contributed by atoms with Crippen LogP contribution in [0.4, 0.5) is 0 Å². The van der Waals surface area contributed by atoms with Gasteiger partial charge in [-0.3, -0.25) is 4.79 Å². The van der Waals surface area contributed by atoms with Crippen LogP contribution in [0, 0.1) is 3.57 Å². The van der Waals surface area contributed by atoms with Crippen molar-refractivity contribution in [3.05, 3.63) is 104 Å². The van der Waals surface area contributed by atoms with Crippen molar-refractivity contribution in [1.29, 1.82) is 0 Å². The maximum atomic E-state index is 12.2. The van der Waals surface area contributed by atoms with E-state index in [-0.39, 0.29) is 5.91 Å². The number of para-hydroxylation sites is 1. The Hall–Kier alpha value is -2.64. The van der Waals surface area contributed by atoms with Crippen molar-refractivity contribution in [2.24, 2.45) is 5.10 Å². The highest BCUT2D eigenvalue weighted by atomic mass is 127. The van der Waals surface area contributed by atoms with Gasteiger partial charge in [0.1, 0.15) is 0 Å². The summed E-state index contributed by atoms with van der Waals surface area (Å²) in [6, 6.07) is 23.3. The van der Waals surface area contributed by atoms with Gasteiger partial charge in [0.2, 0.25) is 0 Å². The van der Waals surface area contributed by atoms with Crippen LogP contribution in [-0.2, 0) is 6.54 Å². The summed E-state index contributed by atoms with van der Waals surface area (Å²) in [4.78, 5) is 12.2. The zero-order valence-electron chi connectivity index (χ0n) is 15.3. The number of hydrogen-bond acceptors (Lipinski definition) is 2. The molecule has 4 rings (SSSR count). The van der Waals surface area contributed by atoms with E-state index in [4.69, 9.17) is 11.6 Å². The standard InChI is InChI=1S/C23H17ClIN3O/c24-19-9-7-17(8-10-19)23(29)27-26-13-18-15-28(22-4-2-1-3-21(18)22)14-16-5-11-20(25)12-6-16/h1-13,15H,14H2,(H,27,29)/b26-13-. The third-order valence-electron chi connectivity index (χ3n) is 4.56. The topological polar surface area (TPSA) is 46.4 Å². The number of rotatable bonds is 5. The molecule has 6 heteroatoms. The minimum Gasteiger partial charge on any atom is -0.342 e. The van der Waals surface area contributed by atoms with E-state index in [2.05, 4.69) is 80.3 Å². The van der Waals surface area contributed by atoms with Crippen LogP contribution < -0.4 is 5.43 Å². The quantitative estimate of drug-likeness (QED) is 0.207. The van der Waals surface area contributed by atoms with Crippen molar-refractivity contribution >= 4 is 57.2 Å². The Morgan fingerprint density at radius 3 is 2.52 bits per heavy atom. The summed E-state index contributed by atoms with van der Waals surface area (Å²) in [5, 5.41) is 5.83. The molecule has 144 valence electrons. The van der Waals surface area contributed by atoms with Crippen molar-refractivity contribution < 1.29 is 4.79 Å². The third-order valence-corrected chi connectivity index (χ3v) is 5.53. The molecule has 1 aromatic heterocycles. The Morgan fingerprint density at radius 1 is 1.03 bits per heavy atom. The van der Waals surface area contributed by atoms with E-state index in [0.29, 0.717) is 10.6 Å². The van der Waals surface area contributed by atoms with E-state index < -0.39 is 0 Å². The van der Waals surface area contributed by atoms with Crippen molar-refractivity contribution in [1.82, 2.24) is 9.99 Å². The number of aromatic nitrogens is 1. The maximum Gasteiger partial charge on any atom is 0.271 e. The summed E-state index contributed by atoms with van der Waals surface area (Å²) in [5.74, 6) is -0.277. The van der Waals surface area contributed by atoms with Gasteiger partial charge in [-0.25, -0.2) is 5.43 Å². The van der Waals surface area contributed by atoms with Crippen molar-refractivity contribution in [2.45, 2.75) is 6.54 Å². The zero-order valence-corrected chi connectivity index (χ0v) is 18.3. The van der Waals surface area contributed by atoms with Gasteiger partial charge in [-0.2, -0.15) is 5.10 Å². The van der Waals surface area contributed by atoms with Gasteiger partial charge in [0, 0.05) is 43.4 Å². The molecule has 0 aliphatic heterocycles. The smallest absolute Gasteiger partial charge is 0.271 e. The lowest BCUT2D eigenvalue weighted by atomic mass is 10.2. The molecule has 0 saturated carbocycles. The Labute approximate surface area is 187 Å². The van der Waals surface area contributed by atoms with Gasteiger partial charge in [-0.05, 0) is 70.6 Å². The molecule has 1 amide bonds. The van der Waals surface area contributed by atoms with Crippen LogP contribution in [0.1, 0.15) is 21.5 Å². The molecule has 0 aliphatic rings. The average molecular weight is 514 g/mol. The zero-order chi connectivity index (χ0) is 20.2. The van der Waals surface area contributed by atoms with Crippen LogP contribution in [0.2, 0.25) is 5.02 Å². The van der Waals surface area contributed by atoms with Gasteiger partial charge >= 0.3 is 0 Å². The predicted molar refractivity (Wildman–Crippen MR) is 127 cm³/mol. The number of benzene rings is 3. The molecular weight excluding hydrogens is 497 g/mol. The molecule has 0 fully saturated rings. The largest absolute Gasteiger partial charge is 0.342 e. The van der Waals surface area contributed by atoms with Gasteiger partial charge in [0.15, 0.2) is 0 Å². The van der Waals surface area contributed by atoms with Crippen LogP contribution in [-0.4, -0.2) is 16.7 Å². The normalized spacial score (nSPS) is 11.2. The Morgan fingerprint density at radius 2 is 1.76 bits per heavy atom. The predicted octanol–water partition coefficient (Wildman–Crippen LogP) is 5.71. The second kappa shape index (κ2) is 8.80. The lowest BCUT2D eigenvalue weighted by Crippen LogP contribution is -2.17. The molecule has 0 aliphatic carbocycles. The highest BCUT2D eigenvalue weighted by molar-refractivity contribution is 14.1. The molecule has 0 atom stereocenters. The van der Waals surface area contributed by atoms with Gasteiger partial charge < -0.3 is 4.57 Å². The van der Waals surface area contributed by atoms with Gasteiger partial charge in [0.05, 0.1) is 6.21 Å². The van der Waals surface area contributed by atoms with E-state index >= 15 is 0 Å². The summed E-state index contributed by atoms with van der Waals surface area (Å²) in [7, 11) is 0. The first-order chi connectivity index (χ1) is 14.1. The molecule has 3 aromatic carbocycles. The number of carbonyl (C=O) groups is 1. The van der Waals surface area contributed by atoms with Crippen LogP contribution in [0.25, 0.3) is 10.9 Å².